The molecule has 65 valence electrons. The largest absolute Gasteiger partial charge is 0.417 e. The quantitative estimate of drug-likeness (QED) is 0.565. The SMILES string of the molecule is Cc1[c]c(C(F)(F)F)c(C)cc1. The molecule has 0 amide bonds. The first-order valence-electron chi connectivity index (χ1n) is 3.48. The predicted molar refractivity (Wildman–Crippen MR) is 39.8 cm³/mol. The molecule has 0 nitrogen and oxygen atoms in total. The first kappa shape index (κ1) is 9.10. The van der Waals surface area contributed by atoms with Crippen molar-refractivity contribution >= 4 is 0 Å². The van der Waals surface area contributed by atoms with Crippen LogP contribution >= 0.6 is 0 Å². The van der Waals surface area contributed by atoms with Gasteiger partial charge in [0.05, 0.1) is 5.56 Å². The van der Waals surface area contributed by atoms with Gasteiger partial charge in [0.2, 0.25) is 0 Å². The van der Waals surface area contributed by atoms with Crippen molar-refractivity contribution in [3.05, 3.63) is 34.9 Å². The Balaban J connectivity index is 3.23. The Morgan fingerprint density at radius 3 is 2.17 bits per heavy atom. The van der Waals surface area contributed by atoms with Crippen LogP contribution in [-0.4, -0.2) is 0 Å². The average Bonchev–Trinajstić information content (AvgIpc) is 1.92. The Labute approximate surface area is 69.0 Å². The van der Waals surface area contributed by atoms with Gasteiger partial charge in [0.25, 0.3) is 0 Å². The highest BCUT2D eigenvalue weighted by atomic mass is 19.4. The molecule has 0 unspecified atom stereocenters. The van der Waals surface area contributed by atoms with E-state index in [0.29, 0.717) is 5.56 Å². The second-order valence-corrected chi connectivity index (χ2v) is 2.70. The van der Waals surface area contributed by atoms with Gasteiger partial charge < -0.3 is 0 Å². The third-order valence-electron chi connectivity index (χ3n) is 1.58. The van der Waals surface area contributed by atoms with Crippen molar-refractivity contribution in [2.24, 2.45) is 0 Å². The summed E-state index contributed by atoms with van der Waals surface area (Å²) in [7, 11) is 0. The topological polar surface area (TPSA) is 0 Å². The van der Waals surface area contributed by atoms with Gasteiger partial charge in [-0.15, -0.1) is 0 Å². The summed E-state index contributed by atoms with van der Waals surface area (Å²) in [5.74, 6) is 0. The van der Waals surface area contributed by atoms with E-state index in [9.17, 15) is 13.2 Å². The van der Waals surface area contributed by atoms with Crippen molar-refractivity contribution in [2.45, 2.75) is 20.0 Å². The minimum Gasteiger partial charge on any atom is -0.166 e. The summed E-state index contributed by atoms with van der Waals surface area (Å²) in [6, 6.07) is 5.36. The fourth-order valence-electron chi connectivity index (χ4n) is 0.965. The molecule has 0 bridgehead atoms. The van der Waals surface area contributed by atoms with Crippen molar-refractivity contribution in [1.82, 2.24) is 0 Å². The molecule has 1 radical (unpaired) electrons. The van der Waals surface area contributed by atoms with E-state index < -0.39 is 11.7 Å². The zero-order valence-corrected chi connectivity index (χ0v) is 6.79. The Morgan fingerprint density at radius 2 is 1.75 bits per heavy atom. The van der Waals surface area contributed by atoms with Crippen LogP contribution in [0, 0.1) is 19.9 Å². The monoisotopic (exact) mass is 173 g/mol. The van der Waals surface area contributed by atoms with E-state index in [4.69, 9.17) is 0 Å². The lowest BCUT2D eigenvalue weighted by atomic mass is 10.1. The van der Waals surface area contributed by atoms with Crippen molar-refractivity contribution in [3.8, 4) is 0 Å². The molecule has 1 aromatic carbocycles. The van der Waals surface area contributed by atoms with Crippen LogP contribution in [0.2, 0.25) is 0 Å². The number of hydrogen-bond acceptors (Lipinski definition) is 0. The molecular formula is C9H8F3. The summed E-state index contributed by atoms with van der Waals surface area (Å²) in [5.41, 5.74) is 0.0588. The fourth-order valence-corrected chi connectivity index (χ4v) is 0.965. The van der Waals surface area contributed by atoms with Crippen molar-refractivity contribution in [3.63, 3.8) is 0 Å². The summed E-state index contributed by atoms with van der Waals surface area (Å²) in [6.07, 6.45) is -4.28. The zero-order valence-electron chi connectivity index (χ0n) is 6.79. The number of halogens is 3. The Kier molecular flexibility index (Phi) is 2.13. The first-order valence-corrected chi connectivity index (χ1v) is 3.48. The Hall–Kier alpha value is -0.990. The highest BCUT2D eigenvalue weighted by molar-refractivity contribution is 5.31. The van der Waals surface area contributed by atoms with Crippen molar-refractivity contribution in [1.29, 1.82) is 0 Å². The molecule has 0 aliphatic rings. The van der Waals surface area contributed by atoms with Crippen molar-refractivity contribution in [2.75, 3.05) is 0 Å². The van der Waals surface area contributed by atoms with Crippen LogP contribution in [0.3, 0.4) is 0 Å². The standard InChI is InChI=1S/C9H8F3/c1-6-3-4-7(2)8(5-6)9(10,11)12/h3-4H,1-2H3. The molecule has 0 aliphatic heterocycles. The maximum atomic E-state index is 12.2. The molecule has 0 aliphatic carbocycles. The van der Waals surface area contributed by atoms with E-state index in [1.165, 1.54) is 13.0 Å². The van der Waals surface area contributed by atoms with Crippen LogP contribution in [-0.2, 0) is 6.18 Å². The number of hydrogen-bond donors (Lipinski definition) is 0. The van der Waals surface area contributed by atoms with E-state index in [1.807, 2.05) is 0 Å². The second-order valence-electron chi connectivity index (χ2n) is 2.70. The average molecular weight is 173 g/mol. The van der Waals surface area contributed by atoms with Crippen LogP contribution in [0.4, 0.5) is 13.2 Å². The summed E-state index contributed by atoms with van der Waals surface area (Å²) in [6.45, 7) is 3.02. The van der Waals surface area contributed by atoms with Gasteiger partial charge in [-0.2, -0.15) is 13.2 Å². The lowest BCUT2D eigenvalue weighted by molar-refractivity contribution is -0.138. The third-order valence-corrected chi connectivity index (χ3v) is 1.58. The van der Waals surface area contributed by atoms with Gasteiger partial charge in [0.1, 0.15) is 0 Å². The van der Waals surface area contributed by atoms with Gasteiger partial charge in [-0.3, -0.25) is 0 Å². The highest BCUT2D eigenvalue weighted by Gasteiger charge is 2.32. The van der Waals surface area contributed by atoms with Gasteiger partial charge in [-0.05, 0) is 31.0 Å². The maximum Gasteiger partial charge on any atom is 0.417 e. The Bertz CT molecular complexity index is 286. The predicted octanol–water partition coefficient (Wildman–Crippen LogP) is 3.12. The van der Waals surface area contributed by atoms with Gasteiger partial charge in [0, 0.05) is 0 Å². The van der Waals surface area contributed by atoms with E-state index in [-0.39, 0.29) is 5.56 Å². The fraction of sp³-hybridized carbons (Fsp3) is 0.333. The van der Waals surface area contributed by atoms with Crippen LogP contribution in [0.1, 0.15) is 16.7 Å². The van der Waals surface area contributed by atoms with E-state index in [0.717, 1.165) is 0 Å². The molecular weight excluding hydrogens is 165 g/mol. The summed E-state index contributed by atoms with van der Waals surface area (Å²) in [5, 5.41) is 0. The van der Waals surface area contributed by atoms with E-state index in [1.54, 1.807) is 13.0 Å². The first-order chi connectivity index (χ1) is 5.41. The molecule has 0 aromatic heterocycles. The lowest BCUT2D eigenvalue weighted by Crippen LogP contribution is -2.07. The van der Waals surface area contributed by atoms with Gasteiger partial charge >= 0.3 is 6.18 Å². The normalized spacial score (nSPS) is 11.8. The van der Waals surface area contributed by atoms with Gasteiger partial charge in [-0.25, -0.2) is 0 Å². The number of aryl methyl sites for hydroxylation is 2. The van der Waals surface area contributed by atoms with Crippen LogP contribution in [0.15, 0.2) is 12.1 Å². The van der Waals surface area contributed by atoms with Crippen LogP contribution < -0.4 is 0 Å². The van der Waals surface area contributed by atoms with E-state index in [2.05, 4.69) is 6.07 Å². The summed E-state index contributed by atoms with van der Waals surface area (Å²) in [4.78, 5) is 0. The second kappa shape index (κ2) is 2.81. The zero-order chi connectivity index (χ0) is 9.35. The number of alkyl halides is 3. The summed E-state index contributed by atoms with van der Waals surface area (Å²) >= 11 is 0. The smallest absolute Gasteiger partial charge is 0.166 e. The molecule has 0 saturated heterocycles. The third kappa shape index (κ3) is 1.78. The van der Waals surface area contributed by atoms with Gasteiger partial charge in [-0.1, -0.05) is 12.1 Å². The van der Waals surface area contributed by atoms with Crippen molar-refractivity contribution < 1.29 is 13.2 Å². The maximum absolute atomic E-state index is 12.2. The minimum atomic E-state index is -4.28. The molecule has 0 saturated carbocycles. The highest BCUT2D eigenvalue weighted by Crippen LogP contribution is 2.31. The molecule has 0 N–H and O–H groups in total. The van der Waals surface area contributed by atoms with Crippen LogP contribution in [0.5, 0.6) is 0 Å². The molecule has 0 heterocycles. The molecule has 0 spiro atoms. The molecule has 12 heavy (non-hydrogen) atoms. The minimum absolute atomic E-state index is 0.216. The number of benzene rings is 1. The Morgan fingerprint density at radius 1 is 1.17 bits per heavy atom. The number of rotatable bonds is 0. The molecule has 3 heteroatoms. The molecule has 1 aromatic rings. The van der Waals surface area contributed by atoms with Crippen LogP contribution in [0.25, 0.3) is 0 Å². The van der Waals surface area contributed by atoms with E-state index >= 15 is 0 Å². The lowest BCUT2D eigenvalue weighted by Gasteiger charge is -2.09. The molecule has 0 atom stereocenters. The summed E-state index contributed by atoms with van der Waals surface area (Å²) < 4.78 is 36.6. The molecule has 0 fully saturated rings. The molecule has 1 rings (SSSR count). The van der Waals surface area contributed by atoms with Gasteiger partial charge in [0.15, 0.2) is 0 Å².